The van der Waals surface area contributed by atoms with E-state index in [2.05, 4.69) is 0 Å². The monoisotopic (exact) mass is 1070 g/mol. The van der Waals surface area contributed by atoms with Gasteiger partial charge < -0.3 is 33.5 Å². The van der Waals surface area contributed by atoms with Gasteiger partial charge in [-0.25, -0.2) is 37.7 Å². The molecular weight excluding hydrogens is 979 g/mol. The maximum absolute atomic E-state index is 15.3. The number of carbonyl (C=O) groups is 2. The predicted octanol–water partition coefficient (Wildman–Crippen LogP) is 13.0. The molecule has 0 radical (unpaired) electrons. The first-order valence-corrected chi connectivity index (χ1v) is 26.8. The van der Waals surface area contributed by atoms with Gasteiger partial charge >= 0.3 is 35.9 Å². The quantitative estimate of drug-likeness (QED) is 0.0808. The van der Waals surface area contributed by atoms with Crippen LogP contribution in [0.4, 0.5) is 9.59 Å². The molecule has 0 saturated heterocycles. The molecule has 4 aromatic rings. The summed E-state index contributed by atoms with van der Waals surface area (Å²) in [5, 5.41) is 11.1. The van der Waals surface area contributed by atoms with Crippen LogP contribution in [0, 0.1) is 0 Å². The number of aliphatic hydroxyl groups is 1. The second-order valence-electron chi connectivity index (χ2n) is 28.9. The summed E-state index contributed by atoms with van der Waals surface area (Å²) in [5.74, 6) is 0.882. The van der Waals surface area contributed by atoms with Crippen molar-refractivity contribution in [2.75, 3.05) is 0 Å². The lowest BCUT2D eigenvalue weighted by atomic mass is 9.78. The molecule has 0 fully saturated rings. The molecule has 0 saturated carbocycles. The predicted molar refractivity (Wildman–Crippen MR) is 305 cm³/mol. The van der Waals surface area contributed by atoms with E-state index >= 15 is 14.4 Å². The van der Waals surface area contributed by atoms with Gasteiger partial charge in [0.25, 0.3) is 0 Å². The zero-order chi connectivity index (χ0) is 59.3. The Hall–Kier alpha value is -5.67. The van der Waals surface area contributed by atoms with E-state index in [1.54, 1.807) is 41.5 Å². The Kier molecular flexibility index (Phi) is 18.4. The smallest absolute Gasteiger partial charge is 0.441 e. The number of benzene rings is 3. The Morgan fingerprint density at radius 1 is 0.429 bits per heavy atom. The van der Waals surface area contributed by atoms with Gasteiger partial charge in [0.05, 0.1) is 25.2 Å². The van der Waals surface area contributed by atoms with Crippen LogP contribution >= 0.6 is 0 Å². The molecule has 0 aliphatic heterocycles. The summed E-state index contributed by atoms with van der Waals surface area (Å²) in [7, 11) is 0. The summed E-state index contributed by atoms with van der Waals surface area (Å²) in [6, 6.07) is 11.0. The summed E-state index contributed by atoms with van der Waals surface area (Å²) in [4.78, 5) is 72.5. The zero-order valence-corrected chi connectivity index (χ0v) is 51.5. The number of aromatic nitrogens is 3. The molecule has 0 amide bonds. The molecule has 428 valence electrons. The molecule has 1 atom stereocenters. The highest BCUT2D eigenvalue weighted by Gasteiger charge is 2.35. The van der Waals surface area contributed by atoms with E-state index in [4.69, 9.17) is 28.4 Å². The zero-order valence-electron chi connectivity index (χ0n) is 51.5. The van der Waals surface area contributed by atoms with E-state index in [1.165, 1.54) is 0 Å². The van der Waals surface area contributed by atoms with Crippen LogP contribution < -0.4 is 31.3 Å². The van der Waals surface area contributed by atoms with Gasteiger partial charge in [0.1, 0.15) is 28.5 Å². The summed E-state index contributed by atoms with van der Waals surface area (Å²) < 4.78 is 38.6. The number of aliphatic hydroxyl groups excluding tert-OH is 1. The number of hydrogen-bond acceptors (Lipinski definition) is 12. The molecule has 1 N–H and O–H groups in total. The van der Waals surface area contributed by atoms with Gasteiger partial charge in [0, 0.05) is 27.8 Å². The lowest BCUT2D eigenvalue weighted by Gasteiger charge is -2.33. The highest BCUT2D eigenvalue weighted by atomic mass is 16.8. The standard InChI is InChI=1S/C62H93N3O12/c1-36(2)40-27-37(28-41(55(3,4)5)46(40)72-52(69)75-60(18,19)20)33-63-49(66)64(34-38-29-42(56(6,7)8)47(43(30-38)57(9,10)11)73-53(70)76-61(21,22)23)51(68)65(50(63)67)35-39-31-44(58(12,13)14)48(45(32-39)59(15,16)17)74-54(71)77-62(24,25)26/h27-32,36,53,70H,33-35H2,1-26H3. The van der Waals surface area contributed by atoms with Crippen molar-refractivity contribution in [1.82, 2.24) is 13.7 Å². The van der Waals surface area contributed by atoms with Crippen molar-refractivity contribution in [2.45, 2.75) is 256 Å². The first-order valence-electron chi connectivity index (χ1n) is 26.8. The van der Waals surface area contributed by atoms with E-state index in [0.29, 0.717) is 67.3 Å². The minimum Gasteiger partial charge on any atom is -0.441 e. The second kappa shape index (κ2) is 22.2. The third-order valence-electron chi connectivity index (χ3n) is 12.4. The fourth-order valence-electron chi connectivity index (χ4n) is 8.70. The van der Waals surface area contributed by atoms with Crippen molar-refractivity contribution >= 4 is 12.3 Å². The molecule has 1 unspecified atom stereocenters. The SMILES string of the molecule is CC(C)c1cc(Cn2c(=O)n(Cc3cc(C(C)(C)C)c(OC(=O)OC(C)(C)C)c(C(C)(C)C)c3)c(=O)n(Cc3cc(C(C)(C)C)c(OC(O)OC(C)(C)C)c(C(C)(C)C)c3)c2=O)cc(C(C)(C)C)c1OC(=O)OC(C)(C)C. The van der Waals surface area contributed by atoms with Gasteiger partial charge in [-0.05, 0) is 148 Å². The summed E-state index contributed by atoms with van der Waals surface area (Å²) in [6.45, 7) is 47.4. The highest BCUT2D eigenvalue weighted by molar-refractivity contribution is 5.68. The molecule has 1 heterocycles. The van der Waals surface area contributed by atoms with Crippen LogP contribution in [0.25, 0.3) is 0 Å². The van der Waals surface area contributed by atoms with E-state index in [1.807, 2.05) is 175 Å². The Labute approximate surface area is 458 Å². The largest absolute Gasteiger partial charge is 0.514 e. The van der Waals surface area contributed by atoms with Gasteiger partial charge in [-0.1, -0.05) is 124 Å². The molecular formula is C62H93N3O12. The molecule has 0 bridgehead atoms. The number of carbonyl (C=O) groups excluding carboxylic acids is 2. The molecule has 1 aromatic heterocycles. The van der Waals surface area contributed by atoms with E-state index in [0.717, 1.165) is 13.7 Å². The Morgan fingerprint density at radius 2 is 0.701 bits per heavy atom. The van der Waals surface area contributed by atoms with E-state index in [9.17, 15) is 14.7 Å². The third-order valence-corrected chi connectivity index (χ3v) is 12.4. The average molecular weight is 1070 g/mol. The maximum atomic E-state index is 15.3. The van der Waals surface area contributed by atoms with Crippen LogP contribution in [0.2, 0.25) is 0 Å². The van der Waals surface area contributed by atoms with Crippen molar-refractivity contribution in [3.05, 3.63) is 118 Å². The number of hydrogen-bond donors (Lipinski definition) is 1. The Bertz CT molecular complexity index is 2930. The highest BCUT2D eigenvalue weighted by Crippen LogP contribution is 2.44. The van der Waals surface area contributed by atoms with Crippen molar-refractivity contribution in [3.63, 3.8) is 0 Å². The van der Waals surface area contributed by atoms with E-state index < -0.39 is 79.7 Å². The van der Waals surface area contributed by atoms with Crippen LogP contribution in [0.5, 0.6) is 17.2 Å². The minimum atomic E-state index is -1.61. The van der Waals surface area contributed by atoms with Crippen LogP contribution in [0.1, 0.15) is 236 Å². The topological polar surface area (TPSA) is 176 Å². The number of nitrogens with zero attached hydrogens (tertiary/aromatic N) is 3. The number of rotatable bonds is 12. The number of ether oxygens (including phenoxy) is 6. The first-order chi connectivity index (χ1) is 34.5. The molecule has 15 heteroatoms. The van der Waals surface area contributed by atoms with Crippen molar-refractivity contribution in [3.8, 4) is 17.2 Å². The second-order valence-corrected chi connectivity index (χ2v) is 28.9. The Morgan fingerprint density at radius 3 is 0.974 bits per heavy atom. The Balaban J connectivity index is 2.17. The fraction of sp³-hybridized carbons (Fsp3) is 0.629. The van der Waals surface area contributed by atoms with Gasteiger partial charge in [0.2, 0.25) is 0 Å². The average Bonchev–Trinajstić information content (AvgIpc) is 3.19. The summed E-state index contributed by atoms with van der Waals surface area (Å²) in [5.41, 5.74) is -2.24. The molecule has 4 rings (SSSR count). The van der Waals surface area contributed by atoms with Crippen LogP contribution in [0.15, 0.2) is 50.8 Å². The van der Waals surface area contributed by atoms with Crippen LogP contribution in [-0.4, -0.2) is 54.4 Å². The molecule has 0 spiro atoms. The first kappa shape index (κ1) is 63.9. The van der Waals surface area contributed by atoms with Crippen molar-refractivity contribution in [1.29, 1.82) is 0 Å². The molecule has 3 aromatic carbocycles. The van der Waals surface area contributed by atoms with Gasteiger partial charge in [-0.2, -0.15) is 0 Å². The van der Waals surface area contributed by atoms with E-state index in [-0.39, 0.29) is 25.6 Å². The molecule has 0 aliphatic carbocycles. The lowest BCUT2D eigenvalue weighted by Crippen LogP contribution is -2.55. The van der Waals surface area contributed by atoms with Gasteiger partial charge in [-0.3, -0.25) is 0 Å². The van der Waals surface area contributed by atoms with Crippen molar-refractivity contribution < 1.29 is 43.1 Å². The summed E-state index contributed by atoms with van der Waals surface area (Å²) in [6.07, 6.45) is -1.74. The molecule has 77 heavy (non-hydrogen) atoms. The van der Waals surface area contributed by atoms with Gasteiger partial charge in [0.15, 0.2) is 0 Å². The van der Waals surface area contributed by atoms with Gasteiger partial charge in [-0.15, -0.1) is 0 Å². The maximum Gasteiger partial charge on any atom is 0.514 e. The van der Waals surface area contributed by atoms with Crippen LogP contribution in [-0.2, 0) is 60.9 Å². The summed E-state index contributed by atoms with van der Waals surface area (Å²) >= 11 is 0. The van der Waals surface area contributed by atoms with Crippen molar-refractivity contribution in [2.24, 2.45) is 0 Å². The third kappa shape index (κ3) is 16.9. The molecule has 15 nitrogen and oxygen atoms in total. The normalized spacial score (nSPS) is 13.7. The minimum absolute atomic E-state index is 0.186. The fourth-order valence-corrected chi connectivity index (χ4v) is 8.70. The van der Waals surface area contributed by atoms with Crippen LogP contribution in [0.3, 0.4) is 0 Å². The molecule has 0 aliphatic rings. The lowest BCUT2D eigenvalue weighted by molar-refractivity contribution is -0.260.